The van der Waals surface area contributed by atoms with E-state index in [1.165, 1.54) is 36.9 Å². The summed E-state index contributed by atoms with van der Waals surface area (Å²) in [6.45, 7) is 12.5. The minimum Gasteiger partial charge on any atom is -0.494 e. The van der Waals surface area contributed by atoms with Crippen LogP contribution < -0.4 is 4.74 Å². The molecule has 0 spiro atoms. The summed E-state index contributed by atoms with van der Waals surface area (Å²) in [4.78, 5) is 16.7. The Balaban J connectivity index is 1.46. The molecule has 0 aliphatic carbocycles. The molecule has 3 rings (SSSR count). The highest BCUT2D eigenvalue weighted by molar-refractivity contribution is 5.68. The maximum absolute atomic E-state index is 12.3. The van der Waals surface area contributed by atoms with Gasteiger partial charge in [0.2, 0.25) is 0 Å². The summed E-state index contributed by atoms with van der Waals surface area (Å²) in [6.07, 6.45) is 5.70. The van der Waals surface area contributed by atoms with Gasteiger partial charge in [-0.05, 0) is 83.2 Å². The summed E-state index contributed by atoms with van der Waals surface area (Å²) < 4.78 is 11.5. The van der Waals surface area contributed by atoms with Crippen molar-refractivity contribution < 1.29 is 14.3 Å². The Morgan fingerprint density at radius 2 is 2.00 bits per heavy atom. The van der Waals surface area contributed by atoms with Crippen molar-refractivity contribution in [3.8, 4) is 5.75 Å². The molecule has 2 aliphatic heterocycles. The van der Waals surface area contributed by atoms with Crippen molar-refractivity contribution in [2.45, 2.75) is 78.0 Å². The van der Waals surface area contributed by atoms with Gasteiger partial charge in [-0.25, -0.2) is 4.79 Å². The number of hydrogen-bond acceptors (Lipinski definition) is 4. The van der Waals surface area contributed by atoms with Crippen LogP contribution in [0.25, 0.3) is 0 Å². The van der Waals surface area contributed by atoms with Gasteiger partial charge in [0.15, 0.2) is 0 Å². The third kappa shape index (κ3) is 5.87. The molecule has 1 aromatic rings. The molecule has 0 aromatic heterocycles. The summed E-state index contributed by atoms with van der Waals surface area (Å²) in [7, 11) is 0. The molecule has 0 radical (unpaired) electrons. The van der Waals surface area contributed by atoms with E-state index >= 15 is 0 Å². The molecule has 1 saturated heterocycles. The number of rotatable bonds is 5. The summed E-state index contributed by atoms with van der Waals surface area (Å²) in [5.41, 5.74) is 2.01. The first kappa shape index (κ1) is 21.0. The van der Waals surface area contributed by atoms with Crippen molar-refractivity contribution >= 4 is 6.09 Å². The molecule has 0 unspecified atom stereocenters. The average molecular weight is 389 g/mol. The minimum atomic E-state index is -0.457. The van der Waals surface area contributed by atoms with Gasteiger partial charge in [0, 0.05) is 25.7 Å². The first-order chi connectivity index (χ1) is 13.3. The Morgan fingerprint density at radius 1 is 1.18 bits per heavy atom. The largest absolute Gasteiger partial charge is 0.494 e. The number of hydrogen-bond donors (Lipinski definition) is 0. The zero-order valence-corrected chi connectivity index (χ0v) is 18.0. The van der Waals surface area contributed by atoms with E-state index in [1.807, 2.05) is 26.8 Å². The molecule has 1 amide bonds. The summed E-state index contributed by atoms with van der Waals surface area (Å²) >= 11 is 0. The summed E-state index contributed by atoms with van der Waals surface area (Å²) in [5.74, 6) is 0.941. The molecule has 2 heterocycles. The minimum absolute atomic E-state index is 0.231. The number of carbonyl (C=O) groups is 1. The van der Waals surface area contributed by atoms with Crippen LogP contribution in [0.2, 0.25) is 0 Å². The summed E-state index contributed by atoms with van der Waals surface area (Å²) in [6, 6.07) is 6.98. The van der Waals surface area contributed by atoms with Crippen molar-refractivity contribution in [2.75, 3.05) is 26.2 Å². The van der Waals surface area contributed by atoms with Gasteiger partial charge in [0.25, 0.3) is 0 Å². The van der Waals surface area contributed by atoms with Gasteiger partial charge < -0.3 is 19.3 Å². The molecule has 1 fully saturated rings. The van der Waals surface area contributed by atoms with Crippen LogP contribution in [0.15, 0.2) is 18.2 Å². The van der Waals surface area contributed by atoms with Gasteiger partial charge in [-0.1, -0.05) is 12.5 Å². The van der Waals surface area contributed by atoms with Crippen LogP contribution in [0.4, 0.5) is 4.79 Å². The number of piperidine rings is 1. The van der Waals surface area contributed by atoms with Gasteiger partial charge in [0.1, 0.15) is 11.4 Å². The number of likely N-dealkylation sites (tertiary alicyclic amines) is 1. The van der Waals surface area contributed by atoms with E-state index in [0.29, 0.717) is 19.1 Å². The SMILES string of the molecule is C[C@H]1CCCCN1CCCOc1ccc2c(c1)CCN(C(=O)OC(C)(C)C)C2. The first-order valence-electron chi connectivity index (χ1n) is 10.8. The van der Waals surface area contributed by atoms with E-state index in [0.717, 1.165) is 31.7 Å². The number of ether oxygens (including phenoxy) is 2. The van der Waals surface area contributed by atoms with E-state index in [4.69, 9.17) is 9.47 Å². The Labute approximate surface area is 170 Å². The number of amides is 1. The lowest BCUT2D eigenvalue weighted by Crippen LogP contribution is -2.39. The second-order valence-electron chi connectivity index (χ2n) is 9.17. The van der Waals surface area contributed by atoms with E-state index in [2.05, 4.69) is 24.0 Å². The van der Waals surface area contributed by atoms with Gasteiger partial charge in [-0.3, -0.25) is 0 Å². The fourth-order valence-electron chi connectivity index (χ4n) is 4.05. The third-order valence-electron chi connectivity index (χ3n) is 5.64. The molecular weight excluding hydrogens is 352 g/mol. The van der Waals surface area contributed by atoms with Crippen molar-refractivity contribution in [3.05, 3.63) is 29.3 Å². The molecule has 0 N–H and O–H groups in total. The number of carbonyl (C=O) groups excluding carboxylic acids is 1. The summed E-state index contributed by atoms with van der Waals surface area (Å²) in [5, 5.41) is 0. The molecule has 0 saturated carbocycles. The second-order valence-corrected chi connectivity index (χ2v) is 9.17. The number of fused-ring (bicyclic) bond motifs is 1. The lowest BCUT2D eigenvalue weighted by Gasteiger charge is -2.33. The quantitative estimate of drug-likeness (QED) is 0.690. The molecule has 28 heavy (non-hydrogen) atoms. The Bertz CT molecular complexity index is 668. The predicted octanol–water partition coefficient (Wildman–Crippen LogP) is 4.62. The molecular formula is C23H36N2O3. The normalized spacial score (nSPS) is 20.6. The van der Waals surface area contributed by atoms with Crippen LogP contribution in [0.3, 0.4) is 0 Å². The second kappa shape index (κ2) is 9.17. The molecule has 0 bridgehead atoms. The fraction of sp³-hybridized carbons (Fsp3) is 0.696. The smallest absolute Gasteiger partial charge is 0.410 e. The van der Waals surface area contributed by atoms with Crippen LogP contribution >= 0.6 is 0 Å². The first-order valence-corrected chi connectivity index (χ1v) is 10.8. The molecule has 5 nitrogen and oxygen atoms in total. The van der Waals surface area contributed by atoms with E-state index in [-0.39, 0.29) is 6.09 Å². The van der Waals surface area contributed by atoms with Crippen LogP contribution in [0, 0.1) is 0 Å². The Kier molecular flexibility index (Phi) is 6.86. The molecule has 1 aromatic carbocycles. The van der Waals surface area contributed by atoms with Crippen molar-refractivity contribution in [2.24, 2.45) is 0 Å². The maximum Gasteiger partial charge on any atom is 0.410 e. The van der Waals surface area contributed by atoms with E-state index in [1.54, 1.807) is 4.90 Å². The monoisotopic (exact) mass is 388 g/mol. The molecule has 156 valence electrons. The van der Waals surface area contributed by atoms with Crippen LogP contribution in [-0.4, -0.2) is 53.8 Å². The van der Waals surface area contributed by atoms with Gasteiger partial charge in [-0.2, -0.15) is 0 Å². The lowest BCUT2D eigenvalue weighted by molar-refractivity contribution is 0.0224. The highest BCUT2D eigenvalue weighted by atomic mass is 16.6. The molecule has 5 heteroatoms. The van der Waals surface area contributed by atoms with Crippen molar-refractivity contribution in [1.82, 2.24) is 9.80 Å². The Hall–Kier alpha value is -1.75. The van der Waals surface area contributed by atoms with Crippen molar-refractivity contribution in [3.63, 3.8) is 0 Å². The highest BCUT2D eigenvalue weighted by Crippen LogP contribution is 2.25. The fourth-order valence-corrected chi connectivity index (χ4v) is 4.05. The maximum atomic E-state index is 12.3. The van der Waals surface area contributed by atoms with Crippen LogP contribution in [0.1, 0.15) is 64.5 Å². The predicted molar refractivity (Wildman–Crippen MR) is 112 cm³/mol. The molecule has 1 atom stereocenters. The number of benzene rings is 1. The zero-order valence-electron chi connectivity index (χ0n) is 18.0. The van der Waals surface area contributed by atoms with Crippen LogP contribution in [0.5, 0.6) is 5.75 Å². The topological polar surface area (TPSA) is 42.0 Å². The van der Waals surface area contributed by atoms with Crippen molar-refractivity contribution in [1.29, 1.82) is 0 Å². The highest BCUT2D eigenvalue weighted by Gasteiger charge is 2.26. The average Bonchev–Trinajstić information content (AvgIpc) is 2.64. The number of nitrogens with zero attached hydrogens (tertiary/aromatic N) is 2. The van der Waals surface area contributed by atoms with E-state index < -0.39 is 5.60 Å². The van der Waals surface area contributed by atoms with Gasteiger partial charge >= 0.3 is 6.09 Å². The lowest BCUT2D eigenvalue weighted by atomic mass is 10.00. The van der Waals surface area contributed by atoms with Gasteiger partial charge in [-0.15, -0.1) is 0 Å². The molecule has 2 aliphatic rings. The van der Waals surface area contributed by atoms with Crippen LogP contribution in [-0.2, 0) is 17.7 Å². The van der Waals surface area contributed by atoms with Gasteiger partial charge in [0.05, 0.1) is 6.61 Å². The standard InChI is InChI=1S/C23H36N2O3/c1-18-8-5-6-12-24(18)13-7-15-27-21-10-9-20-17-25(14-11-19(20)16-21)22(26)28-23(2,3)4/h9-10,16,18H,5-8,11-15,17H2,1-4H3/t18-/m0/s1. The Morgan fingerprint density at radius 3 is 2.75 bits per heavy atom. The third-order valence-corrected chi connectivity index (χ3v) is 5.64. The van der Waals surface area contributed by atoms with E-state index in [9.17, 15) is 4.79 Å². The zero-order chi connectivity index (χ0) is 20.1.